The smallest absolute Gasteiger partial charge is 0.224 e. The van der Waals surface area contributed by atoms with Crippen LogP contribution in [-0.4, -0.2) is 19.1 Å². The molecule has 1 fully saturated rings. The molecule has 4 heteroatoms. The van der Waals surface area contributed by atoms with Crippen LogP contribution in [-0.2, 0) is 11.2 Å². The predicted molar refractivity (Wildman–Crippen MR) is 76.2 cm³/mol. The normalized spacial score (nSPS) is 22.4. The molecule has 0 heterocycles. The minimum Gasteiger partial charge on any atom is -0.494 e. The maximum absolute atomic E-state index is 13.6. The van der Waals surface area contributed by atoms with E-state index in [2.05, 4.69) is 12.2 Å². The van der Waals surface area contributed by atoms with Crippen molar-refractivity contribution in [2.24, 2.45) is 5.92 Å². The van der Waals surface area contributed by atoms with Crippen molar-refractivity contribution in [3.63, 3.8) is 0 Å². The SMILES string of the molecule is COc1ccc(CC(=O)N[C@@H]2CCCC[C@H]2C)cc1F. The van der Waals surface area contributed by atoms with Gasteiger partial charge in [0.15, 0.2) is 11.6 Å². The molecule has 2 atom stereocenters. The monoisotopic (exact) mass is 279 g/mol. The summed E-state index contributed by atoms with van der Waals surface area (Å²) in [5.41, 5.74) is 0.671. The summed E-state index contributed by atoms with van der Waals surface area (Å²) >= 11 is 0. The van der Waals surface area contributed by atoms with Gasteiger partial charge in [0.1, 0.15) is 0 Å². The fraction of sp³-hybridized carbons (Fsp3) is 0.562. The Morgan fingerprint density at radius 2 is 2.15 bits per heavy atom. The highest BCUT2D eigenvalue weighted by atomic mass is 19.1. The van der Waals surface area contributed by atoms with Crippen molar-refractivity contribution in [1.82, 2.24) is 5.32 Å². The zero-order valence-electron chi connectivity index (χ0n) is 12.1. The van der Waals surface area contributed by atoms with Crippen LogP contribution in [0, 0.1) is 11.7 Å². The lowest BCUT2D eigenvalue weighted by atomic mass is 9.86. The van der Waals surface area contributed by atoms with E-state index in [1.54, 1.807) is 12.1 Å². The first kappa shape index (κ1) is 14.8. The van der Waals surface area contributed by atoms with Gasteiger partial charge in [-0.3, -0.25) is 4.79 Å². The van der Waals surface area contributed by atoms with Crippen molar-refractivity contribution in [2.45, 2.75) is 45.1 Å². The number of carbonyl (C=O) groups is 1. The average Bonchev–Trinajstić information content (AvgIpc) is 2.41. The number of hydrogen-bond acceptors (Lipinski definition) is 2. The van der Waals surface area contributed by atoms with Gasteiger partial charge in [0, 0.05) is 6.04 Å². The minimum absolute atomic E-state index is 0.0340. The van der Waals surface area contributed by atoms with E-state index in [0.29, 0.717) is 11.5 Å². The molecular formula is C16H22FNO2. The van der Waals surface area contributed by atoms with Gasteiger partial charge in [0.2, 0.25) is 5.91 Å². The highest BCUT2D eigenvalue weighted by Crippen LogP contribution is 2.24. The molecule has 0 aliphatic heterocycles. The van der Waals surface area contributed by atoms with Gasteiger partial charge < -0.3 is 10.1 Å². The Labute approximate surface area is 119 Å². The van der Waals surface area contributed by atoms with Crippen molar-refractivity contribution in [2.75, 3.05) is 7.11 Å². The number of ether oxygens (including phenoxy) is 1. The Morgan fingerprint density at radius 3 is 2.80 bits per heavy atom. The van der Waals surface area contributed by atoms with Gasteiger partial charge in [0.05, 0.1) is 13.5 Å². The predicted octanol–water partition coefficient (Wildman–Crippen LogP) is 3.07. The van der Waals surface area contributed by atoms with Crippen molar-refractivity contribution in [3.8, 4) is 5.75 Å². The molecule has 110 valence electrons. The van der Waals surface area contributed by atoms with Gasteiger partial charge in [-0.1, -0.05) is 25.8 Å². The molecule has 0 radical (unpaired) electrons. The molecule has 1 aliphatic rings. The number of hydrogen-bond donors (Lipinski definition) is 1. The third-order valence-electron chi connectivity index (χ3n) is 4.04. The minimum atomic E-state index is -0.427. The molecule has 3 nitrogen and oxygen atoms in total. The molecule has 0 spiro atoms. The second kappa shape index (κ2) is 6.73. The lowest BCUT2D eigenvalue weighted by molar-refractivity contribution is -0.121. The summed E-state index contributed by atoms with van der Waals surface area (Å²) in [5.74, 6) is 0.271. The summed E-state index contributed by atoms with van der Waals surface area (Å²) in [5, 5.41) is 3.07. The first-order chi connectivity index (χ1) is 9.60. The lowest BCUT2D eigenvalue weighted by Gasteiger charge is -2.29. The van der Waals surface area contributed by atoms with Crippen LogP contribution < -0.4 is 10.1 Å². The van der Waals surface area contributed by atoms with Crippen molar-refractivity contribution < 1.29 is 13.9 Å². The number of carbonyl (C=O) groups excluding carboxylic acids is 1. The van der Waals surface area contributed by atoms with E-state index < -0.39 is 5.82 Å². The summed E-state index contributed by atoms with van der Waals surface area (Å²) in [7, 11) is 1.43. The van der Waals surface area contributed by atoms with Gasteiger partial charge in [-0.15, -0.1) is 0 Å². The average molecular weight is 279 g/mol. The zero-order valence-corrected chi connectivity index (χ0v) is 12.1. The molecule has 1 aromatic rings. The van der Waals surface area contributed by atoms with E-state index in [0.717, 1.165) is 6.42 Å². The second-order valence-electron chi connectivity index (χ2n) is 5.58. The van der Waals surface area contributed by atoms with Crippen LogP contribution in [0.1, 0.15) is 38.2 Å². The van der Waals surface area contributed by atoms with Crippen LogP contribution in [0.2, 0.25) is 0 Å². The van der Waals surface area contributed by atoms with Crippen LogP contribution in [0.3, 0.4) is 0 Å². The molecule has 1 aromatic carbocycles. The molecule has 20 heavy (non-hydrogen) atoms. The number of rotatable bonds is 4. The molecule has 2 rings (SSSR count). The van der Waals surface area contributed by atoms with Crippen molar-refractivity contribution >= 4 is 5.91 Å². The Kier molecular flexibility index (Phi) is 4.99. The molecule has 0 bridgehead atoms. The van der Waals surface area contributed by atoms with E-state index in [9.17, 15) is 9.18 Å². The molecule has 1 N–H and O–H groups in total. The summed E-state index contributed by atoms with van der Waals surface area (Å²) in [6.45, 7) is 2.18. The third kappa shape index (κ3) is 3.71. The second-order valence-corrected chi connectivity index (χ2v) is 5.58. The summed E-state index contributed by atoms with van der Waals surface area (Å²) in [4.78, 5) is 12.0. The van der Waals surface area contributed by atoms with Crippen LogP contribution in [0.4, 0.5) is 4.39 Å². The summed E-state index contributed by atoms with van der Waals surface area (Å²) < 4.78 is 18.4. The molecule has 0 saturated heterocycles. The quantitative estimate of drug-likeness (QED) is 0.920. The summed E-state index contributed by atoms with van der Waals surface area (Å²) in [6.07, 6.45) is 4.85. The van der Waals surface area contributed by atoms with E-state index in [4.69, 9.17) is 4.74 Å². The Morgan fingerprint density at radius 1 is 1.40 bits per heavy atom. The number of methoxy groups -OCH3 is 1. The molecule has 0 aromatic heterocycles. The number of amides is 1. The largest absolute Gasteiger partial charge is 0.494 e. The van der Waals surface area contributed by atoms with Crippen molar-refractivity contribution in [1.29, 1.82) is 0 Å². The standard InChI is InChI=1S/C16H22FNO2/c1-11-5-3-4-6-14(11)18-16(19)10-12-7-8-15(20-2)13(17)9-12/h7-9,11,14H,3-6,10H2,1-2H3,(H,18,19)/t11-,14-/m1/s1. The third-order valence-corrected chi connectivity index (χ3v) is 4.04. The number of nitrogens with one attached hydrogen (secondary N) is 1. The van der Waals surface area contributed by atoms with E-state index in [1.807, 2.05) is 0 Å². The first-order valence-corrected chi connectivity index (χ1v) is 7.22. The maximum atomic E-state index is 13.6. The lowest BCUT2D eigenvalue weighted by Crippen LogP contribution is -2.41. The molecule has 1 amide bonds. The van der Waals surface area contributed by atoms with Gasteiger partial charge in [-0.05, 0) is 36.5 Å². The first-order valence-electron chi connectivity index (χ1n) is 7.22. The zero-order chi connectivity index (χ0) is 14.5. The van der Waals surface area contributed by atoms with Gasteiger partial charge in [-0.2, -0.15) is 0 Å². The Bertz CT molecular complexity index is 476. The highest BCUT2D eigenvalue weighted by Gasteiger charge is 2.22. The van der Waals surface area contributed by atoms with Crippen LogP contribution in [0.25, 0.3) is 0 Å². The van der Waals surface area contributed by atoms with Crippen LogP contribution >= 0.6 is 0 Å². The Balaban J connectivity index is 1.92. The molecule has 1 saturated carbocycles. The Hall–Kier alpha value is -1.58. The number of halogens is 1. The van der Waals surface area contributed by atoms with Gasteiger partial charge in [0.25, 0.3) is 0 Å². The fourth-order valence-corrected chi connectivity index (χ4v) is 2.79. The van der Waals surface area contributed by atoms with Gasteiger partial charge >= 0.3 is 0 Å². The van der Waals surface area contributed by atoms with E-state index in [-0.39, 0.29) is 24.1 Å². The summed E-state index contributed by atoms with van der Waals surface area (Å²) in [6, 6.07) is 4.91. The molecular weight excluding hydrogens is 257 g/mol. The fourth-order valence-electron chi connectivity index (χ4n) is 2.79. The van der Waals surface area contributed by atoms with E-state index in [1.165, 1.54) is 32.4 Å². The van der Waals surface area contributed by atoms with E-state index >= 15 is 0 Å². The van der Waals surface area contributed by atoms with Crippen LogP contribution in [0.15, 0.2) is 18.2 Å². The molecule has 1 aliphatic carbocycles. The van der Waals surface area contributed by atoms with Crippen LogP contribution in [0.5, 0.6) is 5.75 Å². The van der Waals surface area contributed by atoms with Gasteiger partial charge in [-0.25, -0.2) is 4.39 Å². The van der Waals surface area contributed by atoms with Crippen molar-refractivity contribution in [3.05, 3.63) is 29.6 Å². The number of benzene rings is 1. The highest BCUT2D eigenvalue weighted by molar-refractivity contribution is 5.78. The molecule has 0 unspecified atom stereocenters. The topological polar surface area (TPSA) is 38.3 Å². The maximum Gasteiger partial charge on any atom is 0.224 e.